The molecule has 1 aliphatic heterocycles. The second-order valence-corrected chi connectivity index (χ2v) is 6.94. The zero-order valence-corrected chi connectivity index (χ0v) is 15.5. The average Bonchev–Trinajstić information content (AvgIpc) is 3.31. The summed E-state index contributed by atoms with van der Waals surface area (Å²) in [5, 5.41) is 12.0. The normalized spacial score (nSPS) is 17.7. The molecule has 2 aromatic heterocycles. The van der Waals surface area contributed by atoms with Crippen LogP contribution < -0.4 is 0 Å². The van der Waals surface area contributed by atoms with Crippen molar-refractivity contribution < 1.29 is 9.53 Å². The second-order valence-electron chi connectivity index (χ2n) is 6.50. The summed E-state index contributed by atoms with van der Waals surface area (Å²) in [5.74, 6) is -0.0707. The SMILES string of the molecule is O=C(c1cc(-c2ccc(Cl)cc2)n[nH]1)N1CCCO[C@H](Cn2cccn2)C1. The number of H-pyrrole nitrogens is 1. The lowest BCUT2D eigenvalue weighted by Gasteiger charge is -2.23. The van der Waals surface area contributed by atoms with Gasteiger partial charge in [0.1, 0.15) is 5.69 Å². The maximum absolute atomic E-state index is 13.0. The first-order valence-electron chi connectivity index (χ1n) is 8.89. The number of nitrogens with zero attached hydrogens (tertiary/aromatic N) is 4. The number of ether oxygens (including phenoxy) is 1. The van der Waals surface area contributed by atoms with Crippen molar-refractivity contribution in [2.75, 3.05) is 19.7 Å². The minimum atomic E-state index is -0.0880. The van der Waals surface area contributed by atoms with Crippen LogP contribution in [0.5, 0.6) is 0 Å². The van der Waals surface area contributed by atoms with Crippen molar-refractivity contribution >= 4 is 17.5 Å². The lowest BCUT2D eigenvalue weighted by molar-refractivity contribution is 0.0365. The Morgan fingerprint density at radius 2 is 2.19 bits per heavy atom. The molecule has 1 N–H and O–H groups in total. The van der Waals surface area contributed by atoms with E-state index in [1.165, 1.54) is 0 Å². The highest BCUT2D eigenvalue weighted by molar-refractivity contribution is 6.30. The van der Waals surface area contributed by atoms with Gasteiger partial charge in [-0.05, 0) is 30.7 Å². The Labute approximate surface area is 161 Å². The fourth-order valence-electron chi connectivity index (χ4n) is 3.18. The van der Waals surface area contributed by atoms with Crippen LogP contribution >= 0.6 is 11.6 Å². The van der Waals surface area contributed by atoms with Gasteiger partial charge in [0.15, 0.2) is 0 Å². The van der Waals surface area contributed by atoms with E-state index in [9.17, 15) is 4.79 Å². The van der Waals surface area contributed by atoms with Gasteiger partial charge in [-0.15, -0.1) is 0 Å². The Kier molecular flexibility index (Phi) is 5.22. The quantitative estimate of drug-likeness (QED) is 0.749. The van der Waals surface area contributed by atoms with E-state index in [-0.39, 0.29) is 12.0 Å². The smallest absolute Gasteiger partial charge is 0.271 e. The highest BCUT2D eigenvalue weighted by Gasteiger charge is 2.25. The second kappa shape index (κ2) is 7.94. The van der Waals surface area contributed by atoms with E-state index in [1.54, 1.807) is 24.4 Å². The van der Waals surface area contributed by atoms with Crippen LogP contribution in [0.25, 0.3) is 11.3 Å². The largest absolute Gasteiger partial charge is 0.374 e. The number of nitrogens with one attached hydrogen (secondary N) is 1. The predicted molar refractivity (Wildman–Crippen MR) is 102 cm³/mol. The van der Waals surface area contributed by atoms with Crippen molar-refractivity contribution in [3.63, 3.8) is 0 Å². The minimum Gasteiger partial charge on any atom is -0.374 e. The van der Waals surface area contributed by atoms with Crippen LogP contribution in [0.1, 0.15) is 16.9 Å². The molecule has 1 aliphatic rings. The molecule has 3 aromatic rings. The van der Waals surface area contributed by atoms with Crippen LogP contribution in [0.2, 0.25) is 5.02 Å². The molecule has 1 saturated heterocycles. The Bertz CT molecular complexity index is 891. The van der Waals surface area contributed by atoms with Crippen molar-refractivity contribution in [1.29, 1.82) is 0 Å². The van der Waals surface area contributed by atoms with Gasteiger partial charge in [-0.1, -0.05) is 23.7 Å². The van der Waals surface area contributed by atoms with Crippen molar-refractivity contribution in [1.82, 2.24) is 24.9 Å². The number of aromatic nitrogens is 4. The first-order valence-corrected chi connectivity index (χ1v) is 9.26. The number of amides is 1. The zero-order valence-electron chi connectivity index (χ0n) is 14.7. The number of benzene rings is 1. The molecule has 4 rings (SSSR count). The van der Waals surface area contributed by atoms with Crippen LogP contribution in [-0.4, -0.2) is 56.6 Å². The van der Waals surface area contributed by atoms with Crippen molar-refractivity contribution in [3.8, 4) is 11.3 Å². The number of carbonyl (C=O) groups is 1. The summed E-state index contributed by atoms with van der Waals surface area (Å²) in [7, 11) is 0. The van der Waals surface area contributed by atoms with E-state index in [0.29, 0.717) is 42.7 Å². The first-order chi connectivity index (χ1) is 13.2. The van der Waals surface area contributed by atoms with Crippen LogP contribution in [0.4, 0.5) is 0 Å². The summed E-state index contributed by atoms with van der Waals surface area (Å²) in [6.07, 6.45) is 4.35. The molecule has 1 fully saturated rings. The standard InChI is InChI=1S/C19H20ClN5O2/c20-15-5-3-14(4-6-15)17-11-18(23-22-17)19(26)24-8-2-10-27-16(12-24)13-25-9-1-7-21-25/h1,3-7,9,11,16H,2,8,10,12-13H2,(H,22,23)/t16-/m0/s1. The fraction of sp³-hybridized carbons (Fsp3) is 0.316. The van der Waals surface area contributed by atoms with Crippen molar-refractivity contribution in [2.45, 2.75) is 19.1 Å². The number of halogens is 1. The third-order valence-corrected chi connectivity index (χ3v) is 4.79. The molecule has 0 unspecified atom stereocenters. The van der Waals surface area contributed by atoms with E-state index < -0.39 is 0 Å². The third kappa shape index (κ3) is 4.20. The molecule has 8 heteroatoms. The maximum Gasteiger partial charge on any atom is 0.271 e. The molecule has 0 aliphatic carbocycles. The van der Waals surface area contributed by atoms with Gasteiger partial charge in [-0.2, -0.15) is 10.2 Å². The van der Waals surface area contributed by atoms with E-state index in [0.717, 1.165) is 12.0 Å². The molecule has 0 radical (unpaired) electrons. The number of hydrogen-bond acceptors (Lipinski definition) is 4. The Morgan fingerprint density at radius 1 is 1.33 bits per heavy atom. The highest BCUT2D eigenvalue weighted by atomic mass is 35.5. The fourth-order valence-corrected chi connectivity index (χ4v) is 3.30. The maximum atomic E-state index is 13.0. The molecule has 0 bridgehead atoms. The van der Waals surface area contributed by atoms with Crippen LogP contribution in [-0.2, 0) is 11.3 Å². The van der Waals surface area contributed by atoms with Gasteiger partial charge in [0.05, 0.1) is 18.3 Å². The van der Waals surface area contributed by atoms with Crippen LogP contribution in [0.15, 0.2) is 48.8 Å². The number of carbonyl (C=O) groups excluding carboxylic acids is 1. The molecule has 7 nitrogen and oxygen atoms in total. The summed E-state index contributed by atoms with van der Waals surface area (Å²) >= 11 is 5.93. The Hall–Kier alpha value is -2.64. The van der Waals surface area contributed by atoms with Gasteiger partial charge in [0, 0.05) is 42.7 Å². The molecule has 1 aromatic carbocycles. The topological polar surface area (TPSA) is 76.0 Å². The Morgan fingerprint density at radius 3 is 2.96 bits per heavy atom. The molecular weight excluding hydrogens is 366 g/mol. The van der Waals surface area contributed by atoms with Crippen LogP contribution in [0, 0.1) is 0 Å². The minimum absolute atomic E-state index is 0.0707. The molecule has 0 spiro atoms. The number of aromatic amines is 1. The molecular formula is C19H20ClN5O2. The van der Waals surface area contributed by atoms with E-state index in [2.05, 4.69) is 15.3 Å². The summed E-state index contributed by atoms with van der Waals surface area (Å²) in [4.78, 5) is 14.8. The van der Waals surface area contributed by atoms with Gasteiger partial charge in [-0.3, -0.25) is 14.6 Å². The first kappa shape index (κ1) is 17.8. The summed E-state index contributed by atoms with van der Waals surface area (Å²) in [5.41, 5.74) is 2.10. The highest BCUT2D eigenvalue weighted by Crippen LogP contribution is 2.21. The Balaban J connectivity index is 1.47. The van der Waals surface area contributed by atoms with E-state index >= 15 is 0 Å². The number of rotatable bonds is 4. The molecule has 140 valence electrons. The number of hydrogen-bond donors (Lipinski definition) is 1. The molecule has 3 heterocycles. The summed E-state index contributed by atoms with van der Waals surface area (Å²) in [6, 6.07) is 11.0. The monoisotopic (exact) mass is 385 g/mol. The lowest BCUT2D eigenvalue weighted by Crippen LogP contribution is -2.38. The van der Waals surface area contributed by atoms with Crippen LogP contribution in [0.3, 0.4) is 0 Å². The predicted octanol–water partition coefficient (Wildman–Crippen LogP) is 2.86. The zero-order chi connectivity index (χ0) is 18.6. The van der Waals surface area contributed by atoms with Gasteiger partial charge in [-0.25, -0.2) is 0 Å². The van der Waals surface area contributed by atoms with Gasteiger partial charge in [0.2, 0.25) is 0 Å². The van der Waals surface area contributed by atoms with Gasteiger partial charge >= 0.3 is 0 Å². The summed E-state index contributed by atoms with van der Waals surface area (Å²) < 4.78 is 7.71. The van der Waals surface area contributed by atoms with Crippen molar-refractivity contribution in [2.24, 2.45) is 0 Å². The molecule has 1 amide bonds. The van der Waals surface area contributed by atoms with Gasteiger partial charge < -0.3 is 9.64 Å². The van der Waals surface area contributed by atoms with Gasteiger partial charge in [0.25, 0.3) is 5.91 Å². The van der Waals surface area contributed by atoms with E-state index in [1.807, 2.05) is 34.0 Å². The molecule has 27 heavy (non-hydrogen) atoms. The average molecular weight is 386 g/mol. The lowest BCUT2D eigenvalue weighted by atomic mass is 10.1. The third-order valence-electron chi connectivity index (χ3n) is 4.54. The van der Waals surface area contributed by atoms with Crippen molar-refractivity contribution in [3.05, 3.63) is 59.5 Å². The summed E-state index contributed by atoms with van der Waals surface area (Å²) in [6.45, 7) is 2.43. The van der Waals surface area contributed by atoms with E-state index in [4.69, 9.17) is 16.3 Å². The molecule has 1 atom stereocenters. The molecule has 0 saturated carbocycles.